The number of rotatable bonds is 14. The van der Waals surface area contributed by atoms with Gasteiger partial charge < -0.3 is 9.64 Å². The van der Waals surface area contributed by atoms with Crippen molar-refractivity contribution in [3.8, 4) is 0 Å². The van der Waals surface area contributed by atoms with Crippen molar-refractivity contribution in [1.82, 2.24) is 9.80 Å². The number of esters is 1. The van der Waals surface area contributed by atoms with Crippen LogP contribution in [0.25, 0.3) is 0 Å². The van der Waals surface area contributed by atoms with Crippen LogP contribution in [0.1, 0.15) is 99.8 Å². The third-order valence-corrected chi connectivity index (χ3v) is 7.20. The number of carbonyl (C=O) groups is 3. The van der Waals surface area contributed by atoms with Gasteiger partial charge in [0.1, 0.15) is 0 Å². The van der Waals surface area contributed by atoms with Gasteiger partial charge in [0, 0.05) is 24.8 Å². The summed E-state index contributed by atoms with van der Waals surface area (Å²) < 4.78 is 5.55. The molecule has 0 aliphatic carbocycles. The summed E-state index contributed by atoms with van der Waals surface area (Å²) in [6.07, 6.45) is 6.03. The largest absolute Gasteiger partial charge is 0.444 e. The van der Waals surface area contributed by atoms with E-state index in [2.05, 4.69) is 46.4 Å². The van der Waals surface area contributed by atoms with Crippen LogP contribution < -0.4 is 0 Å². The Kier molecular flexibility index (Phi) is 13.2. The van der Waals surface area contributed by atoms with E-state index < -0.39 is 5.92 Å². The minimum atomic E-state index is -0.392. The summed E-state index contributed by atoms with van der Waals surface area (Å²) >= 11 is 0. The van der Waals surface area contributed by atoms with Crippen LogP contribution in [0.3, 0.4) is 0 Å². The molecule has 0 spiro atoms. The van der Waals surface area contributed by atoms with E-state index >= 15 is 0 Å². The highest BCUT2D eigenvalue weighted by molar-refractivity contribution is 5.90. The van der Waals surface area contributed by atoms with E-state index in [1.54, 1.807) is 4.90 Å². The minimum Gasteiger partial charge on any atom is -0.444 e. The van der Waals surface area contributed by atoms with E-state index in [9.17, 15) is 14.4 Å². The van der Waals surface area contributed by atoms with Gasteiger partial charge in [-0.2, -0.15) is 0 Å². The summed E-state index contributed by atoms with van der Waals surface area (Å²) in [6.45, 7) is 15.5. The van der Waals surface area contributed by atoms with Crippen LogP contribution >= 0.6 is 0 Å². The first-order valence-electron chi connectivity index (χ1n) is 13.2. The lowest BCUT2D eigenvalue weighted by molar-refractivity contribution is -0.160. The third-order valence-electron chi connectivity index (χ3n) is 7.20. The maximum Gasteiger partial charge on any atom is 0.307 e. The second-order valence-corrected chi connectivity index (χ2v) is 10.8. The molecule has 1 aliphatic rings. The van der Waals surface area contributed by atoms with Crippen molar-refractivity contribution >= 4 is 17.7 Å². The number of hydrogen-bond acceptors (Lipinski definition) is 5. The Hall–Kier alpha value is -1.43. The molecule has 1 heterocycles. The molecule has 0 radical (unpaired) electrons. The molecule has 0 saturated carbocycles. The highest BCUT2D eigenvalue weighted by Gasteiger charge is 2.37. The van der Waals surface area contributed by atoms with Crippen LogP contribution in [-0.4, -0.2) is 59.9 Å². The van der Waals surface area contributed by atoms with E-state index in [1.165, 1.54) is 0 Å². The Morgan fingerprint density at radius 3 is 2.24 bits per heavy atom. The molecular weight excluding hydrogens is 416 g/mol. The van der Waals surface area contributed by atoms with Gasteiger partial charge in [-0.25, -0.2) is 0 Å². The molecule has 192 valence electrons. The highest BCUT2D eigenvalue weighted by Crippen LogP contribution is 2.29. The predicted molar refractivity (Wildman–Crippen MR) is 134 cm³/mol. The Labute approximate surface area is 202 Å². The summed E-state index contributed by atoms with van der Waals surface area (Å²) in [5.74, 6) is 0.163. The first-order valence-corrected chi connectivity index (χ1v) is 13.2. The lowest BCUT2D eigenvalue weighted by Gasteiger charge is -2.39. The van der Waals surface area contributed by atoms with E-state index in [0.717, 1.165) is 38.6 Å². The van der Waals surface area contributed by atoms with Crippen LogP contribution in [0.15, 0.2) is 0 Å². The molecule has 1 saturated heterocycles. The van der Waals surface area contributed by atoms with E-state index in [-0.39, 0.29) is 54.7 Å². The monoisotopic (exact) mass is 466 g/mol. The zero-order valence-corrected chi connectivity index (χ0v) is 22.6. The van der Waals surface area contributed by atoms with Gasteiger partial charge in [0.15, 0.2) is 12.5 Å². The molecule has 1 amide bonds. The van der Waals surface area contributed by atoms with Crippen molar-refractivity contribution in [3.63, 3.8) is 0 Å². The second-order valence-electron chi connectivity index (χ2n) is 10.8. The van der Waals surface area contributed by atoms with Gasteiger partial charge >= 0.3 is 5.97 Å². The normalized spacial score (nSPS) is 19.9. The number of ketones is 1. The van der Waals surface area contributed by atoms with Gasteiger partial charge in [0.25, 0.3) is 0 Å². The lowest BCUT2D eigenvalue weighted by Crippen LogP contribution is -2.50. The first kappa shape index (κ1) is 29.6. The molecule has 0 aromatic carbocycles. The van der Waals surface area contributed by atoms with E-state index in [0.29, 0.717) is 18.8 Å². The molecule has 1 rings (SSSR count). The average Bonchev–Trinajstić information content (AvgIpc) is 2.76. The van der Waals surface area contributed by atoms with Crippen LogP contribution in [0.4, 0.5) is 0 Å². The summed E-state index contributed by atoms with van der Waals surface area (Å²) in [7, 11) is 2.01. The fraction of sp³-hybridized carbons (Fsp3) is 0.889. The van der Waals surface area contributed by atoms with Crippen LogP contribution in [-0.2, 0) is 19.1 Å². The van der Waals surface area contributed by atoms with Gasteiger partial charge in [-0.05, 0) is 57.0 Å². The fourth-order valence-electron chi connectivity index (χ4n) is 4.85. The number of nitrogens with zero attached hydrogens (tertiary/aromatic N) is 2. The standard InChI is InChI=1S/C27H50N2O4/c1-9-13-26(31)33-18-29(24(20(5)6)16-19(3)4)27(32)22(21(7)10-2)17-25(30)23-14-11-12-15-28(23)8/h19-24H,9-18H2,1-8H3/t21-,22-,23+,24+/m0/s1. The van der Waals surface area contributed by atoms with Crippen LogP contribution in [0.5, 0.6) is 0 Å². The van der Waals surface area contributed by atoms with Gasteiger partial charge in [-0.15, -0.1) is 0 Å². The maximum atomic E-state index is 14.0. The molecule has 1 aliphatic heterocycles. The molecule has 0 aromatic heterocycles. The number of Topliss-reactive ketones (excluding diaryl/α,β-unsaturated/α-hetero) is 1. The molecule has 1 fully saturated rings. The fourth-order valence-corrected chi connectivity index (χ4v) is 4.85. The molecule has 4 atom stereocenters. The van der Waals surface area contributed by atoms with Crippen molar-refractivity contribution in [1.29, 1.82) is 0 Å². The second kappa shape index (κ2) is 14.7. The first-order chi connectivity index (χ1) is 15.5. The van der Waals surface area contributed by atoms with Crippen LogP contribution in [0, 0.1) is 23.7 Å². The summed E-state index contributed by atoms with van der Waals surface area (Å²) in [5.41, 5.74) is 0. The SMILES string of the molecule is CCCC(=O)OCN(C(=O)[C@@H](CC(=O)[C@H]1CCCCN1C)[C@@H](C)CC)[C@H](CC(C)C)C(C)C. The summed E-state index contributed by atoms with van der Waals surface area (Å²) in [5, 5.41) is 0. The van der Waals surface area contributed by atoms with E-state index in [1.807, 2.05) is 14.0 Å². The quantitative estimate of drug-likeness (QED) is 0.257. The van der Waals surface area contributed by atoms with Gasteiger partial charge in [0.2, 0.25) is 5.91 Å². The molecule has 6 nitrogen and oxygen atoms in total. The number of amides is 1. The number of ether oxygens (including phenoxy) is 1. The zero-order chi connectivity index (χ0) is 25.1. The molecule has 6 heteroatoms. The topological polar surface area (TPSA) is 66.9 Å². The number of hydrogen-bond donors (Lipinski definition) is 0. The number of likely N-dealkylation sites (tertiary alicyclic amines) is 1. The smallest absolute Gasteiger partial charge is 0.307 e. The summed E-state index contributed by atoms with van der Waals surface area (Å²) in [4.78, 5) is 43.4. The van der Waals surface area contributed by atoms with Crippen molar-refractivity contribution in [2.24, 2.45) is 23.7 Å². The molecular formula is C27H50N2O4. The molecule has 0 N–H and O–H groups in total. The average molecular weight is 467 g/mol. The zero-order valence-electron chi connectivity index (χ0n) is 22.6. The Bertz CT molecular complexity index is 619. The maximum absolute atomic E-state index is 14.0. The number of carbonyl (C=O) groups excluding carboxylic acids is 3. The van der Waals surface area contributed by atoms with Crippen molar-refractivity contribution in [2.45, 2.75) is 112 Å². The Balaban J connectivity index is 3.18. The van der Waals surface area contributed by atoms with Gasteiger partial charge in [-0.1, -0.05) is 61.3 Å². The predicted octanol–water partition coefficient (Wildman–Crippen LogP) is 5.29. The number of likely N-dealkylation sites (N-methyl/N-ethyl adjacent to an activating group) is 1. The Morgan fingerprint density at radius 2 is 1.73 bits per heavy atom. The summed E-state index contributed by atoms with van der Waals surface area (Å²) in [6, 6.07) is -0.128. The third kappa shape index (κ3) is 9.38. The highest BCUT2D eigenvalue weighted by atomic mass is 16.5. The Morgan fingerprint density at radius 1 is 1.06 bits per heavy atom. The number of piperidine rings is 1. The lowest BCUT2D eigenvalue weighted by atomic mass is 9.82. The molecule has 0 unspecified atom stereocenters. The minimum absolute atomic E-state index is 0.0301. The van der Waals surface area contributed by atoms with E-state index in [4.69, 9.17) is 4.74 Å². The van der Waals surface area contributed by atoms with Gasteiger partial charge in [0.05, 0.1) is 6.04 Å². The van der Waals surface area contributed by atoms with Crippen molar-refractivity contribution in [2.75, 3.05) is 20.3 Å². The van der Waals surface area contributed by atoms with Crippen molar-refractivity contribution in [3.05, 3.63) is 0 Å². The van der Waals surface area contributed by atoms with Crippen LogP contribution in [0.2, 0.25) is 0 Å². The van der Waals surface area contributed by atoms with Crippen molar-refractivity contribution < 1.29 is 19.1 Å². The molecule has 0 bridgehead atoms. The molecule has 0 aromatic rings. The molecule has 33 heavy (non-hydrogen) atoms. The van der Waals surface area contributed by atoms with Gasteiger partial charge in [-0.3, -0.25) is 19.3 Å².